The molecule has 0 fully saturated rings. The zero-order valence-electron chi connectivity index (χ0n) is 11.8. The fraction of sp³-hybridized carbons (Fsp3) is 0.692. The Morgan fingerprint density at radius 1 is 1.32 bits per heavy atom. The van der Waals surface area contributed by atoms with Crippen molar-refractivity contribution < 1.29 is 12.8 Å². The Labute approximate surface area is 116 Å². The van der Waals surface area contributed by atoms with Crippen molar-refractivity contribution in [2.45, 2.75) is 33.2 Å². The van der Waals surface area contributed by atoms with Gasteiger partial charge < -0.3 is 9.73 Å². The van der Waals surface area contributed by atoms with E-state index in [9.17, 15) is 8.42 Å². The van der Waals surface area contributed by atoms with Crippen LogP contribution in [0.4, 0.5) is 0 Å². The van der Waals surface area contributed by atoms with Gasteiger partial charge in [0, 0.05) is 6.54 Å². The Morgan fingerprint density at radius 3 is 2.68 bits per heavy atom. The third-order valence-corrected chi connectivity index (χ3v) is 4.82. The van der Waals surface area contributed by atoms with Crippen LogP contribution in [-0.2, 0) is 16.6 Å². The van der Waals surface area contributed by atoms with E-state index in [0.29, 0.717) is 25.3 Å². The Kier molecular flexibility index (Phi) is 7.12. The van der Waals surface area contributed by atoms with Crippen LogP contribution in [0, 0.1) is 0 Å². The fourth-order valence-corrected chi connectivity index (χ4v) is 3.28. The minimum atomic E-state index is -3.20. The van der Waals surface area contributed by atoms with Gasteiger partial charge in [-0.3, -0.25) is 0 Å². The average molecular weight is 288 g/mol. The maximum atomic E-state index is 12.2. The molecule has 1 aromatic heterocycles. The highest BCUT2D eigenvalue weighted by atomic mass is 32.2. The third kappa shape index (κ3) is 5.76. The summed E-state index contributed by atoms with van der Waals surface area (Å²) < 4.78 is 31.0. The van der Waals surface area contributed by atoms with Gasteiger partial charge in [-0.1, -0.05) is 13.8 Å². The zero-order chi connectivity index (χ0) is 14.1. The van der Waals surface area contributed by atoms with Gasteiger partial charge >= 0.3 is 0 Å². The second kappa shape index (κ2) is 8.35. The zero-order valence-corrected chi connectivity index (χ0v) is 12.6. The second-order valence-corrected chi connectivity index (χ2v) is 6.51. The van der Waals surface area contributed by atoms with Crippen LogP contribution in [-0.4, -0.2) is 38.1 Å². The Morgan fingerprint density at radius 2 is 2.11 bits per heavy atom. The van der Waals surface area contributed by atoms with Gasteiger partial charge in [-0.15, -0.1) is 0 Å². The fourth-order valence-electron chi connectivity index (χ4n) is 1.79. The summed E-state index contributed by atoms with van der Waals surface area (Å²) in [5.74, 6) is 0.854. The third-order valence-electron chi connectivity index (χ3n) is 2.84. The molecule has 5 nitrogen and oxygen atoms in total. The minimum Gasteiger partial charge on any atom is -0.468 e. The summed E-state index contributed by atoms with van der Waals surface area (Å²) in [5, 5.41) is 3.21. The van der Waals surface area contributed by atoms with Crippen molar-refractivity contribution in [3.05, 3.63) is 24.2 Å². The first-order valence-corrected chi connectivity index (χ1v) is 8.42. The predicted molar refractivity (Wildman–Crippen MR) is 76.4 cm³/mol. The lowest BCUT2D eigenvalue weighted by Crippen LogP contribution is -2.33. The summed E-state index contributed by atoms with van der Waals surface area (Å²) >= 11 is 0. The molecule has 0 aliphatic heterocycles. The number of nitrogens with zero attached hydrogens (tertiary/aromatic N) is 1. The monoisotopic (exact) mass is 288 g/mol. The molecule has 1 heterocycles. The van der Waals surface area contributed by atoms with Crippen molar-refractivity contribution in [1.82, 2.24) is 9.62 Å². The van der Waals surface area contributed by atoms with Gasteiger partial charge in [0.2, 0.25) is 10.0 Å². The summed E-state index contributed by atoms with van der Waals surface area (Å²) in [5.41, 5.74) is 0. The molecule has 0 saturated heterocycles. The van der Waals surface area contributed by atoms with Crippen molar-refractivity contribution >= 4 is 10.0 Å². The number of furan rings is 1. The van der Waals surface area contributed by atoms with Gasteiger partial charge in [-0.2, -0.15) is 4.31 Å². The molecule has 0 aliphatic rings. The van der Waals surface area contributed by atoms with Gasteiger partial charge in [-0.05, 0) is 38.1 Å². The summed E-state index contributed by atoms with van der Waals surface area (Å²) in [4.78, 5) is 0. The average Bonchev–Trinajstić information content (AvgIpc) is 2.88. The molecule has 1 rings (SSSR count). The molecule has 0 saturated carbocycles. The van der Waals surface area contributed by atoms with Gasteiger partial charge in [0.05, 0.1) is 18.6 Å². The Bertz CT molecular complexity index is 429. The topological polar surface area (TPSA) is 62.6 Å². The van der Waals surface area contributed by atoms with Gasteiger partial charge in [0.1, 0.15) is 5.76 Å². The summed E-state index contributed by atoms with van der Waals surface area (Å²) in [7, 11) is -3.20. The first-order chi connectivity index (χ1) is 9.10. The molecule has 0 atom stereocenters. The van der Waals surface area contributed by atoms with Crippen LogP contribution in [0.1, 0.15) is 32.4 Å². The van der Waals surface area contributed by atoms with E-state index in [-0.39, 0.29) is 5.75 Å². The largest absolute Gasteiger partial charge is 0.468 e. The molecular weight excluding hydrogens is 264 g/mol. The molecule has 19 heavy (non-hydrogen) atoms. The van der Waals surface area contributed by atoms with E-state index in [4.69, 9.17) is 4.42 Å². The summed E-state index contributed by atoms with van der Waals surface area (Å²) in [6, 6.07) is 3.56. The van der Waals surface area contributed by atoms with Crippen LogP contribution < -0.4 is 5.32 Å². The molecule has 110 valence electrons. The SMILES string of the molecule is CCCNCCCS(=O)(=O)N(CC)Cc1ccco1. The van der Waals surface area contributed by atoms with Crippen molar-refractivity contribution in [3.8, 4) is 0 Å². The van der Waals surface area contributed by atoms with Crippen molar-refractivity contribution in [3.63, 3.8) is 0 Å². The minimum absolute atomic E-state index is 0.179. The molecule has 0 radical (unpaired) electrons. The standard InChI is InChI=1S/C13H24N2O3S/c1-3-8-14-9-6-11-19(16,17)15(4-2)12-13-7-5-10-18-13/h5,7,10,14H,3-4,6,8-9,11-12H2,1-2H3. The number of hydrogen-bond acceptors (Lipinski definition) is 4. The van der Waals surface area contributed by atoms with Crippen LogP contribution in [0.3, 0.4) is 0 Å². The Hall–Kier alpha value is -0.850. The number of hydrogen-bond donors (Lipinski definition) is 1. The lowest BCUT2D eigenvalue weighted by atomic mass is 10.4. The van der Waals surface area contributed by atoms with Gasteiger partial charge in [-0.25, -0.2) is 8.42 Å². The van der Waals surface area contributed by atoms with E-state index >= 15 is 0 Å². The highest BCUT2D eigenvalue weighted by Gasteiger charge is 2.20. The van der Waals surface area contributed by atoms with E-state index in [1.807, 2.05) is 6.92 Å². The Balaban J connectivity index is 2.44. The highest BCUT2D eigenvalue weighted by molar-refractivity contribution is 7.89. The van der Waals surface area contributed by atoms with Gasteiger partial charge in [0.25, 0.3) is 0 Å². The summed E-state index contributed by atoms with van der Waals surface area (Å²) in [6.07, 6.45) is 3.26. The van der Waals surface area contributed by atoms with Crippen molar-refractivity contribution in [2.24, 2.45) is 0 Å². The number of sulfonamides is 1. The quantitative estimate of drug-likeness (QED) is 0.667. The maximum absolute atomic E-state index is 12.2. The molecule has 0 aliphatic carbocycles. The van der Waals surface area contributed by atoms with Crippen molar-refractivity contribution in [2.75, 3.05) is 25.4 Å². The molecule has 0 aromatic carbocycles. The van der Waals surface area contributed by atoms with E-state index in [2.05, 4.69) is 12.2 Å². The molecule has 0 bridgehead atoms. The molecule has 6 heteroatoms. The van der Waals surface area contributed by atoms with Crippen LogP contribution in [0.25, 0.3) is 0 Å². The predicted octanol–water partition coefficient (Wildman–Crippen LogP) is 1.82. The summed E-state index contributed by atoms with van der Waals surface area (Å²) in [6.45, 7) is 6.39. The lowest BCUT2D eigenvalue weighted by molar-refractivity contribution is 0.375. The molecular formula is C13H24N2O3S. The first-order valence-electron chi connectivity index (χ1n) is 6.81. The van der Waals surface area contributed by atoms with Gasteiger partial charge in [0.15, 0.2) is 0 Å². The van der Waals surface area contributed by atoms with Crippen LogP contribution >= 0.6 is 0 Å². The molecule has 0 amide bonds. The normalized spacial score (nSPS) is 12.2. The molecule has 0 spiro atoms. The smallest absolute Gasteiger partial charge is 0.214 e. The van der Waals surface area contributed by atoms with Crippen LogP contribution in [0.5, 0.6) is 0 Å². The van der Waals surface area contributed by atoms with Crippen LogP contribution in [0.2, 0.25) is 0 Å². The maximum Gasteiger partial charge on any atom is 0.214 e. The second-order valence-electron chi connectivity index (χ2n) is 4.43. The molecule has 1 N–H and O–H groups in total. The first kappa shape index (κ1) is 16.2. The number of nitrogens with one attached hydrogen (secondary N) is 1. The number of rotatable bonds is 10. The highest BCUT2D eigenvalue weighted by Crippen LogP contribution is 2.10. The molecule has 1 aromatic rings. The van der Waals surface area contributed by atoms with Crippen molar-refractivity contribution in [1.29, 1.82) is 0 Å². The van der Waals surface area contributed by atoms with E-state index < -0.39 is 10.0 Å². The van der Waals surface area contributed by atoms with E-state index in [1.54, 1.807) is 18.4 Å². The lowest BCUT2D eigenvalue weighted by Gasteiger charge is -2.19. The van der Waals surface area contributed by atoms with Crippen LogP contribution in [0.15, 0.2) is 22.8 Å². The van der Waals surface area contributed by atoms with E-state index in [0.717, 1.165) is 19.5 Å². The molecule has 0 unspecified atom stereocenters. The van der Waals surface area contributed by atoms with E-state index in [1.165, 1.54) is 4.31 Å².